The lowest BCUT2D eigenvalue weighted by Crippen LogP contribution is -2.35. The Morgan fingerprint density at radius 2 is 2.00 bits per heavy atom. The Morgan fingerprint density at radius 1 is 1.25 bits per heavy atom. The third-order valence-electron chi connectivity index (χ3n) is 3.21. The fourth-order valence-electron chi connectivity index (χ4n) is 2.40. The van der Waals surface area contributed by atoms with E-state index in [1.807, 2.05) is 0 Å². The van der Waals surface area contributed by atoms with Gasteiger partial charge in [-0.1, -0.05) is 32.6 Å². The van der Waals surface area contributed by atoms with E-state index in [0.29, 0.717) is 0 Å². The summed E-state index contributed by atoms with van der Waals surface area (Å²) in [5.41, 5.74) is 0. The molecule has 0 heterocycles. The molecule has 2 atom stereocenters. The van der Waals surface area contributed by atoms with Gasteiger partial charge in [0.05, 0.1) is 0 Å². The largest absolute Gasteiger partial charge is 0.317 e. The Kier molecular flexibility index (Phi) is 4.67. The minimum absolute atomic E-state index is 0.824. The summed E-state index contributed by atoms with van der Waals surface area (Å²) in [6, 6.07) is 0.824. The van der Waals surface area contributed by atoms with Gasteiger partial charge in [0.25, 0.3) is 0 Å². The van der Waals surface area contributed by atoms with Crippen LogP contribution in [0.15, 0.2) is 0 Å². The lowest BCUT2D eigenvalue weighted by atomic mass is 9.81. The molecule has 0 saturated heterocycles. The molecule has 0 amide bonds. The quantitative estimate of drug-likeness (QED) is 0.682. The van der Waals surface area contributed by atoms with Gasteiger partial charge in [-0.3, -0.25) is 0 Å². The third-order valence-corrected chi connectivity index (χ3v) is 3.21. The van der Waals surface area contributed by atoms with Crippen LogP contribution in [-0.4, -0.2) is 13.1 Å². The molecule has 0 spiro atoms. The van der Waals surface area contributed by atoms with E-state index < -0.39 is 0 Å². The smallest absolute Gasteiger partial charge is 0.00923 e. The zero-order valence-corrected chi connectivity index (χ0v) is 8.60. The molecular formula is C11H23N. The Balaban J connectivity index is 2.26. The first kappa shape index (κ1) is 10.0. The molecule has 0 aromatic carbocycles. The normalized spacial score (nSPS) is 30.5. The number of nitrogens with one attached hydrogen (secondary N) is 1. The summed E-state index contributed by atoms with van der Waals surface area (Å²) in [4.78, 5) is 0. The van der Waals surface area contributed by atoms with Gasteiger partial charge in [-0.15, -0.1) is 0 Å². The van der Waals surface area contributed by atoms with Crippen molar-refractivity contribution in [1.82, 2.24) is 5.32 Å². The van der Waals surface area contributed by atoms with Crippen LogP contribution in [0.25, 0.3) is 0 Å². The Hall–Kier alpha value is -0.0400. The van der Waals surface area contributed by atoms with E-state index in [-0.39, 0.29) is 0 Å². The SMILES string of the molecule is CCCCC1CCCCC1NC. The van der Waals surface area contributed by atoms with Crippen LogP contribution in [-0.2, 0) is 0 Å². The molecule has 1 saturated carbocycles. The molecule has 12 heavy (non-hydrogen) atoms. The van der Waals surface area contributed by atoms with Crippen molar-refractivity contribution < 1.29 is 0 Å². The summed E-state index contributed by atoms with van der Waals surface area (Å²) in [7, 11) is 2.12. The predicted molar refractivity (Wildman–Crippen MR) is 54.3 cm³/mol. The van der Waals surface area contributed by atoms with Gasteiger partial charge in [-0.2, -0.15) is 0 Å². The van der Waals surface area contributed by atoms with Gasteiger partial charge in [-0.25, -0.2) is 0 Å². The second kappa shape index (κ2) is 5.58. The molecule has 2 unspecified atom stereocenters. The first-order valence-corrected chi connectivity index (χ1v) is 5.55. The first-order valence-electron chi connectivity index (χ1n) is 5.55. The van der Waals surface area contributed by atoms with Crippen LogP contribution in [0.4, 0.5) is 0 Å². The van der Waals surface area contributed by atoms with Crippen molar-refractivity contribution in [3.63, 3.8) is 0 Å². The number of unbranched alkanes of at least 4 members (excludes halogenated alkanes) is 1. The molecule has 1 aliphatic carbocycles. The van der Waals surface area contributed by atoms with Crippen molar-refractivity contribution >= 4 is 0 Å². The number of rotatable bonds is 4. The highest BCUT2D eigenvalue weighted by Crippen LogP contribution is 2.28. The second-order valence-electron chi connectivity index (χ2n) is 4.08. The maximum atomic E-state index is 3.46. The van der Waals surface area contributed by atoms with Gasteiger partial charge in [0.2, 0.25) is 0 Å². The molecule has 0 aliphatic heterocycles. The second-order valence-corrected chi connectivity index (χ2v) is 4.08. The van der Waals surface area contributed by atoms with Crippen molar-refractivity contribution in [2.75, 3.05) is 7.05 Å². The molecule has 1 aliphatic rings. The van der Waals surface area contributed by atoms with E-state index in [0.717, 1.165) is 12.0 Å². The summed E-state index contributed by atoms with van der Waals surface area (Å²) < 4.78 is 0. The van der Waals surface area contributed by atoms with Crippen LogP contribution in [0, 0.1) is 5.92 Å². The first-order chi connectivity index (χ1) is 5.88. The van der Waals surface area contributed by atoms with Gasteiger partial charge >= 0.3 is 0 Å². The highest BCUT2D eigenvalue weighted by molar-refractivity contribution is 4.79. The molecular weight excluding hydrogens is 146 g/mol. The van der Waals surface area contributed by atoms with E-state index in [9.17, 15) is 0 Å². The van der Waals surface area contributed by atoms with Crippen molar-refractivity contribution in [3.8, 4) is 0 Å². The van der Waals surface area contributed by atoms with Gasteiger partial charge < -0.3 is 5.32 Å². The molecule has 0 radical (unpaired) electrons. The predicted octanol–water partition coefficient (Wildman–Crippen LogP) is 2.95. The van der Waals surface area contributed by atoms with E-state index >= 15 is 0 Å². The molecule has 1 fully saturated rings. The lowest BCUT2D eigenvalue weighted by molar-refractivity contribution is 0.255. The highest BCUT2D eigenvalue weighted by atomic mass is 14.9. The maximum absolute atomic E-state index is 3.46. The zero-order valence-electron chi connectivity index (χ0n) is 8.60. The van der Waals surface area contributed by atoms with Gasteiger partial charge in [0.15, 0.2) is 0 Å². The van der Waals surface area contributed by atoms with Crippen LogP contribution in [0.3, 0.4) is 0 Å². The average molecular weight is 169 g/mol. The van der Waals surface area contributed by atoms with Crippen LogP contribution >= 0.6 is 0 Å². The lowest BCUT2D eigenvalue weighted by Gasteiger charge is -2.31. The van der Waals surface area contributed by atoms with Crippen LogP contribution < -0.4 is 5.32 Å². The van der Waals surface area contributed by atoms with Gasteiger partial charge in [0, 0.05) is 6.04 Å². The summed E-state index contributed by atoms with van der Waals surface area (Å²) in [5, 5.41) is 3.46. The minimum Gasteiger partial charge on any atom is -0.317 e. The van der Waals surface area contributed by atoms with Crippen molar-refractivity contribution in [3.05, 3.63) is 0 Å². The topological polar surface area (TPSA) is 12.0 Å². The average Bonchev–Trinajstić information content (AvgIpc) is 2.15. The van der Waals surface area contributed by atoms with Crippen LogP contribution in [0.2, 0.25) is 0 Å². The van der Waals surface area contributed by atoms with Crippen LogP contribution in [0.1, 0.15) is 51.9 Å². The standard InChI is InChI=1S/C11H23N/c1-3-4-7-10-8-5-6-9-11(10)12-2/h10-12H,3-9H2,1-2H3. The summed E-state index contributed by atoms with van der Waals surface area (Å²) in [5.74, 6) is 0.976. The number of hydrogen-bond donors (Lipinski definition) is 1. The summed E-state index contributed by atoms with van der Waals surface area (Å²) in [6.07, 6.45) is 9.99. The minimum atomic E-state index is 0.824. The van der Waals surface area contributed by atoms with Crippen molar-refractivity contribution in [2.24, 2.45) is 5.92 Å². The molecule has 1 N–H and O–H groups in total. The molecule has 0 aromatic rings. The van der Waals surface area contributed by atoms with E-state index in [4.69, 9.17) is 0 Å². The fraction of sp³-hybridized carbons (Fsp3) is 1.00. The van der Waals surface area contributed by atoms with Gasteiger partial charge in [0.1, 0.15) is 0 Å². The summed E-state index contributed by atoms with van der Waals surface area (Å²) >= 11 is 0. The van der Waals surface area contributed by atoms with Crippen molar-refractivity contribution in [1.29, 1.82) is 0 Å². The molecule has 1 nitrogen and oxygen atoms in total. The van der Waals surface area contributed by atoms with Gasteiger partial charge in [-0.05, 0) is 32.2 Å². The fourth-order valence-corrected chi connectivity index (χ4v) is 2.40. The Bertz CT molecular complexity index is 112. The van der Waals surface area contributed by atoms with Crippen molar-refractivity contribution in [2.45, 2.75) is 57.9 Å². The third kappa shape index (κ3) is 2.78. The van der Waals surface area contributed by atoms with E-state index in [1.165, 1.54) is 44.9 Å². The monoisotopic (exact) mass is 169 g/mol. The molecule has 0 bridgehead atoms. The zero-order chi connectivity index (χ0) is 8.81. The van der Waals surface area contributed by atoms with E-state index in [2.05, 4.69) is 19.3 Å². The maximum Gasteiger partial charge on any atom is 0.00923 e. The molecule has 1 heteroatoms. The highest BCUT2D eigenvalue weighted by Gasteiger charge is 2.22. The van der Waals surface area contributed by atoms with Crippen LogP contribution in [0.5, 0.6) is 0 Å². The molecule has 72 valence electrons. The van der Waals surface area contributed by atoms with E-state index in [1.54, 1.807) is 0 Å². The molecule has 1 rings (SSSR count). The molecule has 0 aromatic heterocycles. The summed E-state index contributed by atoms with van der Waals surface area (Å²) in [6.45, 7) is 2.29. The Labute approximate surface area is 76.9 Å². The number of hydrogen-bond acceptors (Lipinski definition) is 1. The Morgan fingerprint density at radius 3 is 2.67 bits per heavy atom.